The highest BCUT2D eigenvalue weighted by Crippen LogP contribution is 2.30. The summed E-state index contributed by atoms with van der Waals surface area (Å²) in [6.45, 7) is 8.19. The van der Waals surface area contributed by atoms with Gasteiger partial charge in [0.2, 0.25) is 11.8 Å². The minimum Gasteiger partial charge on any atom is -0.358 e. The van der Waals surface area contributed by atoms with Gasteiger partial charge in [-0.2, -0.15) is 0 Å². The fraction of sp³-hybridized carbons (Fsp3) is 0.360. The molecule has 0 aliphatic heterocycles. The van der Waals surface area contributed by atoms with Crippen LogP contribution < -0.4 is 15.4 Å². The van der Waals surface area contributed by atoms with Crippen LogP contribution >= 0.6 is 0 Å². The predicted molar refractivity (Wildman–Crippen MR) is 133 cm³/mol. The fourth-order valence-electron chi connectivity index (χ4n) is 3.60. The van der Waals surface area contributed by atoms with Crippen LogP contribution in [0.1, 0.15) is 37.1 Å². The molecule has 2 aromatic carbocycles. The summed E-state index contributed by atoms with van der Waals surface area (Å²) in [7, 11) is -2.26. The van der Waals surface area contributed by atoms with E-state index < -0.39 is 10.0 Å². The Bertz CT molecular complexity index is 1230. The van der Waals surface area contributed by atoms with E-state index >= 15 is 0 Å². The van der Waals surface area contributed by atoms with Crippen molar-refractivity contribution in [2.24, 2.45) is 5.92 Å². The molecule has 0 fully saturated rings. The van der Waals surface area contributed by atoms with Crippen molar-refractivity contribution in [2.45, 2.75) is 51.6 Å². The maximum Gasteiger partial charge on any atom is 0.264 e. The molecule has 0 saturated heterocycles. The van der Waals surface area contributed by atoms with E-state index in [1.54, 1.807) is 45.2 Å². The lowest BCUT2D eigenvalue weighted by Crippen LogP contribution is -2.43. The Balaban J connectivity index is 1.80. The van der Waals surface area contributed by atoms with Gasteiger partial charge in [-0.1, -0.05) is 61.5 Å². The Kier molecular flexibility index (Phi) is 8.11. The highest BCUT2D eigenvalue weighted by Gasteiger charge is 2.23. The maximum atomic E-state index is 13.1. The van der Waals surface area contributed by atoms with Crippen molar-refractivity contribution in [3.05, 3.63) is 65.4 Å². The van der Waals surface area contributed by atoms with Gasteiger partial charge in [0.05, 0.1) is 16.6 Å². The molecule has 8 nitrogen and oxygen atoms in total. The van der Waals surface area contributed by atoms with Gasteiger partial charge in [-0.05, 0) is 43.4 Å². The number of anilines is 1. The van der Waals surface area contributed by atoms with Gasteiger partial charge in [-0.3, -0.25) is 4.79 Å². The quantitative estimate of drug-likeness (QED) is 0.401. The van der Waals surface area contributed by atoms with E-state index in [9.17, 15) is 13.2 Å². The molecule has 1 heterocycles. The number of rotatable bonds is 10. The number of aromatic nitrogens is 1. The van der Waals surface area contributed by atoms with Gasteiger partial charge in [-0.25, -0.2) is 13.1 Å². The van der Waals surface area contributed by atoms with Crippen LogP contribution in [0.4, 0.5) is 5.88 Å². The van der Waals surface area contributed by atoms with Gasteiger partial charge in [0.1, 0.15) is 0 Å². The van der Waals surface area contributed by atoms with Gasteiger partial charge in [-0.15, -0.1) is 0 Å². The van der Waals surface area contributed by atoms with Crippen LogP contribution in [0.3, 0.4) is 0 Å². The lowest BCUT2D eigenvalue weighted by molar-refractivity contribution is -0.123. The van der Waals surface area contributed by atoms with Crippen LogP contribution in [0.15, 0.2) is 57.9 Å². The topological polar surface area (TPSA) is 113 Å². The van der Waals surface area contributed by atoms with Crippen LogP contribution in [0, 0.1) is 19.8 Å². The van der Waals surface area contributed by atoms with E-state index in [2.05, 4.69) is 34.4 Å². The number of sulfonamides is 1. The van der Waals surface area contributed by atoms with E-state index in [-0.39, 0.29) is 22.7 Å². The molecular formula is C25H32N4O4S. The maximum absolute atomic E-state index is 13.1. The summed E-state index contributed by atoms with van der Waals surface area (Å²) in [5, 5.41) is 9.83. The van der Waals surface area contributed by atoms with E-state index in [1.807, 2.05) is 24.3 Å². The Hall–Kier alpha value is -3.17. The Morgan fingerprint density at radius 1 is 1.06 bits per heavy atom. The van der Waals surface area contributed by atoms with Gasteiger partial charge in [0.25, 0.3) is 10.0 Å². The Labute approximate surface area is 201 Å². The smallest absolute Gasteiger partial charge is 0.264 e. The molecule has 3 rings (SSSR count). The summed E-state index contributed by atoms with van der Waals surface area (Å²) in [4.78, 5) is 12.3. The van der Waals surface area contributed by atoms with Crippen molar-refractivity contribution in [3.63, 3.8) is 0 Å². The zero-order chi connectivity index (χ0) is 24.9. The number of hydrogen-bond acceptors (Lipinski definition) is 6. The summed E-state index contributed by atoms with van der Waals surface area (Å²) >= 11 is 0. The molecule has 0 aliphatic rings. The molecule has 0 spiro atoms. The van der Waals surface area contributed by atoms with E-state index in [0.29, 0.717) is 29.3 Å². The lowest BCUT2D eigenvalue weighted by atomic mass is 10.0. The van der Waals surface area contributed by atoms with Crippen molar-refractivity contribution in [1.29, 1.82) is 0 Å². The van der Waals surface area contributed by atoms with E-state index in [4.69, 9.17) is 4.52 Å². The molecule has 34 heavy (non-hydrogen) atoms. The number of aryl methyl sites for hydroxylation is 1. The first kappa shape index (κ1) is 25.5. The number of carbonyl (C=O) groups excluding carboxylic acids is 1. The van der Waals surface area contributed by atoms with Crippen molar-refractivity contribution >= 4 is 21.8 Å². The molecule has 1 atom stereocenters. The number of benzene rings is 2. The minimum atomic E-state index is -3.90. The van der Waals surface area contributed by atoms with Crippen molar-refractivity contribution < 1.29 is 17.7 Å². The van der Waals surface area contributed by atoms with Gasteiger partial charge < -0.3 is 15.2 Å². The van der Waals surface area contributed by atoms with Crippen LogP contribution in [-0.4, -0.2) is 32.6 Å². The van der Waals surface area contributed by atoms with Crippen LogP contribution in [0.2, 0.25) is 0 Å². The fourth-order valence-corrected chi connectivity index (χ4v) is 4.88. The largest absolute Gasteiger partial charge is 0.358 e. The van der Waals surface area contributed by atoms with Crippen molar-refractivity contribution in [3.8, 4) is 11.1 Å². The average Bonchev–Trinajstić information content (AvgIpc) is 3.13. The summed E-state index contributed by atoms with van der Waals surface area (Å²) in [6.07, 6.45) is 0.736. The third-order valence-electron chi connectivity index (χ3n) is 5.65. The number of likely N-dealkylation sites (N-methyl/N-ethyl adjacent to an activating group) is 1. The molecule has 0 unspecified atom stereocenters. The number of amides is 1. The molecule has 3 N–H and O–H groups in total. The van der Waals surface area contributed by atoms with Crippen LogP contribution in [-0.2, 0) is 21.4 Å². The third kappa shape index (κ3) is 6.03. The summed E-state index contributed by atoms with van der Waals surface area (Å²) in [6, 6.07) is 14.2. The molecule has 1 aromatic heterocycles. The normalized spacial score (nSPS) is 12.5. The zero-order valence-corrected chi connectivity index (χ0v) is 21.0. The number of nitrogens with one attached hydrogen (secondary N) is 3. The lowest BCUT2D eigenvalue weighted by Gasteiger charge is -2.19. The predicted octanol–water partition coefficient (Wildman–Crippen LogP) is 4.01. The second-order valence-electron chi connectivity index (χ2n) is 8.70. The first-order valence-corrected chi connectivity index (χ1v) is 12.7. The minimum absolute atomic E-state index is 0.0332. The Morgan fingerprint density at radius 3 is 2.32 bits per heavy atom. The molecule has 1 amide bonds. The second kappa shape index (κ2) is 10.8. The van der Waals surface area contributed by atoms with Gasteiger partial charge in [0, 0.05) is 24.7 Å². The molecule has 3 aromatic rings. The highest BCUT2D eigenvalue weighted by atomic mass is 32.2. The zero-order valence-electron chi connectivity index (χ0n) is 20.2. The SMILES string of the molecule is CNC(=O)[C@H](CC(C)C)NCc1ccc(-c2ccccc2S(=O)(=O)Nc2onc(C)c2C)cc1. The number of carbonyl (C=O) groups is 1. The average molecular weight is 485 g/mol. The Morgan fingerprint density at radius 2 is 1.74 bits per heavy atom. The standard InChI is InChI=1S/C25H32N4O4S/c1-16(2)14-22(24(30)26-5)27-15-19-10-12-20(13-11-19)21-8-6-7-9-23(21)34(31,32)29-25-17(3)18(4)28-33-25/h6-13,16,22,27,29H,14-15H2,1-5H3,(H,26,30)/t22-/m0/s1. The van der Waals surface area contributed by atoms with Gasteiger partial charge in [0.15, 0.2) is 0 Å². The molecule has 0 saturated carbocycles. The molecule has 0 aliphatic carbocycles. The first-order valence-electron chi connectivity index (χ1n) is 11.2. The molecule has 182 valence electrons. The van der Waals surface area contributed by atoms with Crippen LogP contribution in [0.5, 0.6) is 0 Å². The number of hydrogen-bond donors (Lipinski definition) is 3. The summed E-state index contributed by atoms with van der Waals surface area (Å²) in [5.41, 5.74) is 3.60. The summed E-state index contributed by atoms with van der Waals surface area (Å²) < 4.78 is 33.9. The molecule has 9 heteroatoms. The molecule has 0 bridgehead atoms. The summed E-state index contributed by atoms with van der Waals surface area (Å²) in [5.74, 6) is 0.462. The van der Waals surface area contributed by atoms with E-state index in [0.717, 1.165) is 17.5 Å². The molecule has 0 radical (unpaired) electrons. The van der Waals surface area contributed by atoms with Crippen LogP contribution in [0.25, 0.3) is 11.1 Å². The van der Waals surface area contributed by atoms with Crippen molar-refractivity contribution in [2.75, 3.05) is 11.8 Å². The molecular weight excluding hydrogens is 452 g/mol. The van der Waals surface area contributed by atoms with Crippen molar-refractivity contribution in [1.82, 2.24) is 15.8 Å². The first-order chi connectivity index (χ1) is 16.1. The monoisotopic (exact) mass is 484 g/mol. The van der Waals surface area contributed by atoms with E-state index in [1.165, 1.54) is 0 Å². The highest BCUT2D eigenvalue weighted by molar-refractivity contribution is 7.92. The third-order valence-corrected chi connectivity index (χ3v) is 7.04. The second-order valence-corrected chi connectivity index (χ2v) is 10.3. The van der Waals surface area contributed by atoms with Gasteiger partial charge >= 0.3 is 0 Å². The number of nitrogens with zero attached hydrogens (tertiary/aromatic N) is 1.